The van der Waals surface area contributed by atoms with Crippen molar-refractivity contribution >= 4 is 5.97 Å². The van der Waals surface area contributed by atoms with E-state index in [1.54, 1.807) is 6.08 Å². The van der Waals surface area contributed by atoms with Gasteiger partial charge in [-0.2, -0.15) is 0 Å². The van der Waals surface area contributed by atoms with Gasteiger partial charge >= 0.3 is 5.97 Å². The van der Waals surface area contributed by atoms with E-state index in [0.717, 1.165) is 30.4 Å². The lowest BCUT2D eigenvalue weighted by Gasteiger charge is -2.43. The van der Waals surface area contributed by atoms with Crippen LogP contribution >= 0.6 is 0 Å². The van der Waals surface area contributed by atoms with Crippen LogP contribution in [0.4, 0.5) is 0 Å². The maximum Gasteiger partial charge on any atom is 0.311 e. The van der Waals surface area contributed by atoms with Crippen LogP contribution in [-0.4, -0.2) is 43.0 Å². The molecule has 5 nitrogen and oxygen atoms in total. The third kappa shape index (κ3) is 5.00. The monoisotopic (exact) mass is 421 g/mol. The summed E-state index contributed by atoms with van der Waals surface area (Å²) >= 11 is 0. The number of hydrogen-bond acceptors (Lipinski definition) is 5. The number of rotatable bonds is 7. The van der Waals surface area contributed by atoms with Crippen molar-refractivity contribution in [3.63, 3.8) is 0 Å². The normalized spacial score (nSPS) is 22.9. The van der Waals surface area contributed by atoms with Crippen molar-refractivity contribution in [2.24, 2.45) is 5.92 Å². The average molecular weight is 422 g/mol. The summed E-state index contributed by atoms with van der Waals surface area (Å²) < 4.78 is 17.6. The van der Waals surface area contributed by atoms with Crippen LogP contribution in [0.1, 0.15) is 31.2 Å². The zero-order chi connectivity index (χ0) is 21.7. The van der Waals surface area contributed by atoms with E-state index in [4.69, 9.17) is 14.2 Å². The Labute approximate surface area is 184 Å². The number of carbonyl (C=O) groups excluding carboxylic acids is 1. The van der Waals surface area contributed by atoms with E-state index < -0.39 is 5.79 Å². The molecular formula is C26H31NO4. The molecule has 2 heterocycles. The van der Waals surface area contributed by atoms with Crippen LogP contribution in [0.5, 0.6) is 0 Å². The molecule has 0 saturated carbocycles. The van der Waals surface area contributed by atoms with E-state index >= 15 is 0 Å². The fourth-order valence-electron chi connectivity index (χ4n) is 4.78. The molecule has 2 aliphatic heterocycles. The summed E-state index contributed by atoms with van der Waals surface area (Å²) in [4.78, 5) is 15.3. The van der Waals surface area contributed by atoms with E-state index in [1.807, 2.05) is 42.5 Å². The topological polar surface area (TPSA) is 48.0 Å². The van der Waals surface area contributed by atoms with Crippen molar-refractivity contribution in [2.45, 2.75) is 38.1 Å². The summed E-state index contributed by atoms with van der Waals surface area (Å²) in [5.41, 5.74) is 4.64. The second-order valence-electron chi connectivity index (χ2n) is 8.39. The van der Waals surface area contributed by atoms with E-state index in [9.17, 15) is 4.79 Å². The van der Waals surface area contributed by atoms with Crippen molar-refractivity contribution in [2.75, 3.05) is 26.3 Å². The number of allylic oxidation sites excluding steroid dienone is 3. The van der Waals surface area contributed by atoms with Gasteiger partial charge in [0.15, 0.2) is 5.79 Å². The van der Waals surface area contributed by atoms with Crippen LogP contribution in [0.3, 0.4) is 0 Å². The van der Waals surface area contributed by atoms with Crippen LogP contribution in [0.2, 0.25) is 0 Å². The lowest BCUT2D eigenvalue weighted by atomic mass is 9.81. The van der Waals surface area contributed by atoms with Gasteiger partial charge in [-0.3, -0.25) is 4.79 Å². The molecule has 5 heteroatoms. The average Bonchev–Trinajstić information content (AvgIpc) is 3.24. The summed E-state index contributed by atoms with van der Waals surface area (Å²) in [7, 11) is 0. The molecule has 1 atom stereocenters. The van der Waals surface area contributed by atoms with Gasteiger partial charge < -0.3 is 19.1 Å². The summed E-state index contributed by atoms with van der Waals surface area (Å²) in [6.07, 6.45) is 8.75. The van der Waals surface area contributed by atoms with Crippen molar-refractivity contribution in [1.29, 1.82) is 0 Å². The van der Waals surface area contributed by atoms with Crippen LogP contribution in [0.15, 0.2) is 78.6 Å². The second kappa shape index (κ2) is 9.67. The standard InChI is InChI=1S/C26H31NO4/c1-3-8-20(4-2)17-27-18-23(25(28)29-19-21-9-6-5-7-10-21)15-22-16-26(12-11-24(22)27)30-13-14-31-26/h3-10,23H,1-2,11-19H2/b20-8+. The molecule has 0 bridgehead atoms. The van der Waals surface area contributed by atoms with Crippen molar-refractivity contribution in [3.05, 3.63) is 84.1 Å². The first-order valence-electron chi connectivity index (χ1n) is 11.0. The predicted octanol–water partition coefficient (Wildman–Crippen LogP) is 4.53. The van der Waals surface area contributed by atoms with Gasteiger partial charge in [0.05, 0.1) is 19.1 Å². The molecule has 0 aromatic heterocycles. The molecule has 3 aliphatic rings. The Kier molecular flexibility index (Phi) is 6.73. The third-order valence-electron chi connectivity index (χ3n) is 6.29. The Bertz CT molecular complexity index is 880. The summed E-state index contributed by atoms with van der Waals surface area (Å²) in [6.45, 7) is 10.7. The zero-order valence-electron chi connectivity index (χ0n) is 18.1. The Morgan fingerprint density at radius 1 is 1.23 bits per heavy atom. The number of hydrogen-bond donors (Lipinski definition) is 0. The number of esters is 1. The summed E-state index contributed by atoms with van der Waals surface area (Å²) in [5.74, 6) is -0.881. The molecule has 1 aliphatic carbocycles. The maximum atomic E-state index is 13.0. The second-order valence-corrected chi connectivity index (χ2v) is 8.39. The highest BCUT2D eigenvalue weighted by Crippen LogP contribution is 2.44. The van der Waals surface area contributed by atoms with Gasteiger partial charge in [-0.05, 0) is 29.6 Å². The SMILES string of the molecule is C=C/C=C(\C=C)CN1CC(C(=O)OCc2ccccc2)CC2=C1CCC1(C2)OCCO1. The minimum atomic E-state index is -0.515. The molecule has 31 heavy (non-hydrogen) atoms. The van der Waals surface area contributed by atoms with Gasteiger partial charge in [-0.25, -0.2) is 0 Å². The quantitative estimate of drug-likeness (QED) is 0.478. The van der Waals surface area contributed by atoms with E-state index in [-0.39, 0.29) is 11.9 Å². The zero-order valence-corrected chi connectivity index (χ0v) is 18.1. The molecule has 0 N–H and O–H groups in total. The van der Waals surface area contributed by atoms with Gasteiger partial charge in [0.25, 0.3) is 0 Å². The minimum Gasteiger partial charge on any atom is -0.461 e. The molecule has 1 unspecified atom stereocenters. The minimum absolute atomic E-state index is 0.152. The summed E-state index contributed by atoms with van der Waals surface area (Å²) in [6, 6.07) is 9.80. The van der Waals surface area contributed by atoms with Crippen molar-refractivity contribution < 1.29 is 19.0 Å². The number of carbonyl (C=O) groups is 1. The van der Waals surface area contributed by atoms with Gasteiger partial charge in [0.1, 0.15) is 6.61 Å². The van der Waals surface area contributed by atoms with Gasteiger partial charge in [0.2, 0.25) is 0 Å². The fraction of sp³-hybridized carbons (Fsp3) is 0.423. The fourth-order valence-corrected chi connectivity index (χ4v) is 4.78. The van der Waals surface area contributed by atoms with E-state index in [0.29, 0.717) is 39.3 Å². The molecule has 1 aromatic carbocycles. The van der Waals surface area contributed by atoms with Gasteiger partial charge in [-0.15, -0.1) is 0 Å². The molecule has 4 rings (SSSR count). The van der Waals surface area contributed by atoms with Crippen LogP contribution in [-0.2, 0) is 25.6 Å². The Morgan fingerprint density at radius 2 is 2.00 bits per heavy atom. The Hall–Kier alpha value is -2.63. The molecule has 1 aromatic rings. The van der Waals surface area contributed by atoms with E-state index in [2.05, 4.69) is 18.1 Å². The molecule has 1 fully saturated rings. The van der Waals surface area contributed by atoms with Crippen molar-refractivity contribution in [1.82, 2.24) is 4.90 Å². The number of nitrogens with zero attached hydrogens (tertiary/aromatic N) is 1. The first kappa shape index (κ1) is 21.6. The van der Waals surface area contributed by atoms with Crippen LogP contribution in [0, 0.1) is 5.92 Å². The van der Waals surface area contributed by atoms with E-state index in [1.165, 1.54) is 11.3 Å². The van der Waals surface area contributed by atoms with Gasteiger partial charge in [0, 0.05) is 31.6 Å². The number of benzene rings is 1. The summed E-state index contributed by atoms with van der Waals surface area (Å²) in [5, 5.41) is 0. The van der Waals surface area contributed by atoms with Crippen molar-refractivity contribution in [3.8, 4) is 0 Å². The lowest BCUT2D eigenvalue weighted by molar-refractivity contribution is -0.168. The lowest BCUT2D eigenvalue weighted by Crippen LogP contribution is -2.44. The smallest absolute Gasteiger partial charge is 0.311 e. The first-order chi connectivity index (χ1) is 15.1. The highest BCUT2D eigenvalue weighted by molar-refractivity contribution is 5.73. The Balaban J connectivity index is 1.52. The molecule has 1 spiro atoms. The third-order valence-corrected chi connectivity index (χ3v) is 6.29. The van der Waals surface area contributed by atoms with Crippen LogP contribution < -0.4 is 0 Å². The largest absolute Gasteiger partial charge is 0.461 e. The highest BCUT2D eigenvalue weighted by atomic mass is 16.7. The molecule has 0 amide bonds. The predicted molar refractivity (Wildman–Crippen MR) is 120 cm³/mol. The molecule has 1 saturated heterocycles. The van der Waals surface area contributed by atoms with Crippen LogP contribution in [0.25, 0.3) is 0 Å². The Morgan fingerprint density at radius 3 is 2.71 bits per heavy atom. The molecular weight excluding hydrogens is 390 g/mol. The molecule has 164 valence electrons. The maximum absolute atomic E-state index is 13.0. The highest BCUT2D eigenvalue weighted by Gasteiger charge is 2.44. The molecule has 0 radical (unpaired) electrons. The number of ether oxygens (including phenoxy) is 3. The first-order valence-corrected chi connectivity index (χ1v) is 11.0. The van der Waals surface area contributed by atoms with Gasteiger partial charge in [-0.1, -0.05) is 61.7 Å².